The Morgan fingerprint density at radius 1 is 0.971 bits per heavy atom. The first kappa shape index (κ1) is 23.8. The summed E-state index contributed by atoms with van der Waals surface area (Å²) in [6.45, 7) is 7.77. The Kier molecular flexibility index (Phi) is 7.04. The molecule has 0 bridgehead atoms. The van der Waals surface area contributed by atoms with E-state index in [9.17, 15) is 4.79 Å². The highest BCUT2D eigenvalue weighted by Gasteiger charge is 2.27. The van der Waals surface area contributed by atoms with Crippen LogP contribution in [0.5, 0.6) is 11.5 Å². The van der Waals surface area contributed by atoms with E-state index in [1.165, 1.54) is 11.1 Å². The number of aromatic nitrogens is 1. The summed E-state index contributed by atoms with van der Waals surface area (Å²) in [7, 11) is 3.32. The van der Waals surface area contributed by atoms with Gasteiger partial charge < -0.3 is 14.4 Å². The molecule has 0 saturated carbocycles. The second-order valence-corrected chi connectivity index (χ2v) is 10.2. The molecule has 35 heavy (non-hydrogen) atoms. The summed E-state index contributed by atoms with van der Waals surface area (Å²) in [5, 5.41) is 3.17. The molecular weight excluding hydrogens is 460 g/mol. The molecule has 184 valence electrons. The molecule has 7 nitrogen and oxygen atoms in total. The number of methoxy groups -OCH3 is 2. The van der Waals surface area contributed by atoms with Crippen molar-refractivity contribution in [1.29, 1.82) is 0 Å². The summed E-state index contributed by atoms with van der Waals surface area (Å²) < 4.78 is 10.8. The summed E-state index contributed by atoms with van der Waals surface area (Å²) in [5.41, 5.74) is 5.64. The third-order valence-corrected chi connectivity index (χ3v) is 7.64. The molecule has 0 atom stereocenters. The molecule has 1 saturated heterocycles. The van der Waals surface area contributed by atoms with Gasteiger partial charge in [0.05, 0.1) is 31.5 Å². The van der Waals surface area contributed by atoms with E-state index < -0.39 is 0 Å². The Morgan fingerprint density at radius 2 is 1.74 bits per heavy atom. The first-order valence-electron chi connectivity index (χ1n) is 12.1. The van der Waals surface area contributed by atoms with Crippen molar-refractivity contribution >= 4 is 22.9 Å². The van der Waals surface area contributed by atoms with Gasteiger partial charge in [0, 0.05) is 55.9 Å². The fourth-order valence-electron chi connectivity index (χ4n) is 4.94. The molecule has 1 fully saturated rings. The number of carbonyl (C=O) groups is 1. The van der Waals surface area contributed by atoms with Crippen LogP contribution in [0.4, 0.5) is 5.69 Å². The number of benzene rings is 2. The van der Waals surface area contributed by atoms with E-state index >= 15 is 0 Å². The predicted octanol–water partition coefficient (Wildman–Crippen LogP) is 3.84. The molecule has 3 aromatic rings. The van der Waals surface area contributed by atoms with Gasteiger partial charge in [-0.05, 0) is 48.7 Å². The minimum absolute atomic E-state index is 0.189. The molecule has 0 unspecified atom stereocenters. The first-order chi connectivity index (χ1) is 17.0. The van der Waals surface area contributed by atoms with Crippen molar-refractivity contribution in [2.24, 2.45) is 0 Å². The first-order valence-corrected chi connectivity index (χ1v) is 12.9. The number of carbonyl (C=O) groups excluding carboxylic acids is 1. The summed E-state index contributed by atoms with van der Waals surface area (Å²) in [4.78, 5) is 24.4. The molecule has 8 heteroatoms. The number of aryl methyl sites for hydroxylation is 1. The fraction of sp³-hybridized carbons (Fsp3) is 0.407. The van der Waals surface area contributed by atoms with Gasteiger partial charge in [0.25, 0.3) is 0 Å². The average Bonchev–Trinajstić information content (AvgIpc) is 3.51. The fourth-order valence-corrected chi connectivity index (χ4v) is 5.56. The molecule has 2 aliphatic heterocycles. The van der Waals surface area contributed by atoms with E-state index in [1.807, 2.05) is 24.0 Å². The van der Waals surface area contributed by atoms with E-state index in [0.717, 1.165) is 79.1 Å². The second-order valence-electron chi connectivity index (χ2n) is 9.13. The van der Waals surface area contributed by atoms with Crippen molar-refractivity contribution in [2.75, 3.05) is 58.4 Å². The number of amides is 1. The number of fused-ring (bicyclic) bond motifs is 1. The molecule has 0 aliphatic carbocycles. The number of piperazine rings is 1. The summed E-state index contributed by atoms with van der Waals surface area (Å²) in [5.74, 6) is 1.70. The summed E-state index contributed by atoms with van der Waals surface area (Å²) >= 11 is 1.67. The van der Waals surface area contributed by atoms with Crippen molar-refractivity contribution in [3.63, 3.8) is 0 Å². The topological polar surface area (TPSA) is 58.1 Å². The number of nitrogens with zero attached hydrogens (tertiary/aromatic N) is 4. The van der Waals surface area contributed by atoms with Crippen molar-refractivity contribution in [3.05, 3.63) is 57.9 Å². The van der Waals surface area contributed by atoms with Gasteiger partial charge in [-0.1, -0.05) is 12.1 Å². The Morgan fingerprint density at radius 3 is 2.46 bits per heavy atom. The van der Waals surface area contributed by atoms with Crippen molar-refractivity contribution in [2.45, 2.75) is 19.9 Å². The van der Waals surface area contributed by atoms with Crippen LogP contribution in [-0.4, -0.2) is 74.2 Å². The van der Waals surface area contributed by atoms with E-state index in [1.54, 1.807) is 25.6 Å². The normalized spacial score (nSPS) is 16.4. The highest BCUT2D eigenvalue weighted by Crippen LogP contribution is 2.33. The molecule has 1 aromatic heterocycles. The maximum Gasteiger partial charge on any atom is 0.241 e. The zero-order chi connectivity index (χ0) is 24.4. The largest absolute Gasteiger partial charge is 0.493 e. The Balaban J connectivity index is 1.15. The number of rotatable bonds is 7. The zero-order valence-corrected chi connectivity index (χ0v) is 21.4. The van der Waals surface area contributed by atoms with Gasteiger partial charge in [-0.15, -0.1) is 11.3 Å². The molecule has 2 aliphatic rings. The van der Waals surface area contributed by atoms with Gasteiger partial charge in [-0.25, -0.2) is 4.98 Å². The van der Waals surface area contributed by atoms with Gasteiger partial charge in [0.15, 0.2) is 11.5 Å². The smallest absolute Gasteiger partial charge is 0.241 e. The number of anilines is 1. The lowest BCUT2D eigenvalue weighted by atomic mass is 10.1. The van der Waals surface area contributed by atoms with Gasteiger partial charge in [-0.3, -0.25) is 14.6 Å². The number of ether oxygens (including phenoxy) is 2. The molecular formula is C27H32N4O3S. The standard InChI is InChI=1S/C27H32N4O3S/c1-19-28-23(18-35-19)21-5-6-24-22(15-21)8-9-31(24)27(32)17-30-12-10-29(11-13-30)16-20-4-7-25(33-2)26(14-20)34-3/h4-7,14-15,18H,8-13,16-17H2,1-3H3. The lowest BCUT2D eigenvalue weighted by Crippen LogP contribution is -2.49. The molecule has 1 amide bonds. The minimum atomic E-state index is 0.189. The third-order valence-electron chi connectivity index (χ3n) is 6.87. The second kappa shape index (κ2) is 10.4. The predicted molar refractivity (Wildman–Crippen MR) is 140 cm³/mol. The van der Waals surface area contributed by atoms with E-state index in [-0.39, 0.29) is 5.91 Å². The highest BCUT2D eigenvalue weighted by atomic mass is 32.1. The van der Waals surface area contributed by atoms with Crippen molar-refractivity contribution in [3.8, 4) is 22.8 Å². The molecule has 2 aromatic carbocycles. The van der Waals surface area contributed by atoms with Gasteiger partial charge in [0.1, 0.15) is 0 Å². The SMILES string of the molecule is COc1ccc(CN2CCN(CC(=O)N3CCc4cc(-c5csc(C)n5)ccc43)CC2)cc1OC. The Labute approximate surface area is 210 Å². The minimum Gasteiger partial charge on any atom is -0.493 e. The maximum absolute atomic E-state index is 13.2. The number of hydrogen-bond acceptors (Lipinski definition) is 7. The molecule has 0 spiro atoms. The van der Waals surface area contributed by atoms with Crippen LogP contribution in [0.25, 0.3) is 11.3 Å². The molecule has 0 N–H and O–H groups in total. The zero-order valence-electron chi connectivity index (χ0n) is 20.6. The Bertz CT molecular complexity index is 1200. The van der Waals surface area contributed by atoms with Crippen LogP contribution in [0.3, 0.4) is 0 Å². The number of thiazole rings is 1. The molecule has 5 rings (SSSR count). The van der Waals surface area contributed by atoms with E-state index in [4.69, 9.17) is 9.47 Å². The van der Waals surface area contributed by atoms with E-state index in [2.05, 4.69) is 44.4 Å². The van der Waals surface area contributed by atoms with Crippen molar-refractivity contribution in [1.82, 2.24) is 14.8 Å². The summed E-state index contributed by atoms with van der Waals surface area (Å²) in [6.07, 6.45) is 0.900. The molecule has 3 heterocycles. The maximum atomic E-state index is 13.2. The van der Waals surface area contributed by atoms with Crippen LogP contribution in [0.1, 0.15) is 16.1 Å². The van der Waals surface area contributed by atoms with Gasteiger partial charge in [0.2, 0.25) is 5.91 Å². The van der Waals surface area contributed by atoms with Crippen LogP contribution < -0.4 is 14.4 Å². The lowest BCUT2D eigenvalue weighted by Gasteiger charge is -2.35. The van der Waals surface area contributed by atoms with E-state index in [0.29, 0.717) is 6.54 Å². The van der Waals surface area contributed by atoms with Crippen LogP contribution in [-0.2, 0) is 17.8 Å². The highest BCUT2D eigenvalue weighted by molar-refractivity contribution is 7.09. The van der Waals surface area contributed by atoms with Gasteiger partial charge >= 0.3 is 0 Å². The lowest BCUT2D eigenvalue weighted by molar-refractivity contribution is -0.120. The summed E-state index contributed by atoms with van der Waals surface area (Å²) in [6, 6.07) is 12.5. The van der Waals surface area contributed by atoms with Crippen LogP contribution in [0, 0.1) is 6.92 Å². The Hall–Kier alpha value is -2.94. The van der Waals surface area contributed by atoms with Crippen LogP contribution in [0.2, 0.25) is 0 Å². The van der Waals surface area contributed by atoms with Gasteiger partial charge in [-0.2, -0.15) is 0 Å². The quantitative estimate of drug-likeness (QED) is 0.500. The molecule has 0 radical (unpaired) electrons. The van der Waals surface area contributed by atoms with Crippen LogP contribution in [0.15, 0.2) is 41.8 Å². The average molecular weight is 493 g/mol. The van der Waals surface area contributed by atoms with Crippen molar-refractivity contribution < 1.29 is 14.3 Å². The monoisotopic (exact) mass is 492 g/mol. The number of hydrogen-bond donors (Lipinski definition) is 0. The third kappa shape index (κ3) is 5.19. The van der Waals surface area contributed by atoms with Crippen LogP contribution >= 0.6 is 11.3 Å².